The van der Waals surface area contributed by atoms with Crippen molar-refractivity contribution < 1.29 is 4.79 Å². The van der Waals surface area contributed by atoms with E-state index in [1.807, 2.05) is 24.4 Å². The van der Waals surface area contributed by atoms with Crippen molar-refractivity contribution in [2.45, 2.75) is 13.5 Å². The first-order valence-corrected chi connectivity index (χ1v) is 10.6. The van der Waals surface area contributed by atoms with Gasteiger partial charge in [-0.3, -0.25) is 9.69 Å². The largest absolute Gasteiger partial charge is 0.368 e. The molecule has 1 aliphatic rings. The van der Waals surface area contributed by atoms with E-state index in [-0.39, 0.29) is 5.91 Å². The number of aromatic nitrogens is 4. The van der Waals surface area contributed by atoms with E-state index < -0.39 is 0 Å². The van der Waals surface area contributed by atoms with Gasteiger partial charge in [-0.2, -0.15) is 0 Å². The van der Waals surface area contributed by atoms with Gasteiger partial charge in [0.15, 0.2) is 5.13 Å². The number of aryl methyl sites for hydroxylation is 1. The highest BCUT2D eigenvalue weighted by Crippen LogP contribution is 2.22. The summed E-state index contributed by atoms with van der Waals surface area (Å²) in [5.41, 5.74) is 3.38. The Morgan fingerprint density at radius 1 is 1.17 bits per heavy atom. The summed E-state index contributed by atoms with van der Waals surface area (Å²) in [6.07, 6.45) is 3.35. The Balaban J connectivity index is 1.34. The fraction of sp³-hybridized carbons (Fsp3) is 0.350. The molecule has 2 N–H and O–H groups in total. The van der Waals surface area contributed by atoms with Crippen molar-refractivity contribution in [1.29, 1.82) is 0 Å². The van der Waals surface area contributed by atoms with Crippen LogP contribution in [0.15, 0.2) is 36.1 Å². The van der Waals surface area contributed by atoms with Gasteiger partial charge in [0.1, 0.15) is 17.8 Å². The molecule has 3 aromatic heterocycles. The molecular weight excluding hydrogens is 400 g/mol. The van der Waals surface area contributed by atoms with Crippen molar-refractivity contribution in [3.63, 3.8) is 0 Å². The summed E-state index contributed by atoms with van der Waals surface area (Å²) in [6, 6.07) is 5.74. The number of pyridine rings is 1. The molecule has 1 fully saturated rings. The van der Waals surface area contributed by atoms with Gasteiger partial charge in [-0.25, -0.2) is 19.9 Å². The Morgan fingerprint density at radius 3 is 2.70 bits per heavy atom. The van der Waals surface area contributed by atoms with Crippen molar-refractivity contribution in [3.05, 3.63) is 53.2 Å². The molecule has 3 aromatic rings. The number of carbonyl (C=O) groups is 1. The quantitative estimate of drug-likeness (QED) is 0.620. The number of rotatable bonds is 6. The number of carbonyl (C=O) groups excluding carboxylic acids is 1. The Labute approximate surface area is 179 Å². The second kappa shape index (κ2) is 9.14. The topological polar surface area (TPSA) is 99.2 Å². The third-order valence-electron chi connectivity index (χ3n) is 5.01. The van der Waals surface area contributed by atoms with E-state index in [9.17, 15) is 4.79 Å². The van der Waals surface area contributed by atoms with Crippen LogP contribution in [0.2, 0.25) is 0 Å². The van der Waals surface area contributed by atoms with Crippen molar-refractivity contribution in [1.82, 2.24) is 30.2 Å². The molecule has 1 saturated heterocycles. The maximum absolute atomic E-state index is 11.8. The lowest BCUT2D eigenvalue weighted by atomic mass is 10.2. The molecule has 0 aliphatic carbocycles. The first-order chi connectivity index (χ1) is 14.6. The highest BCUT2D eigenvalue weighted by Gasteiger charge is 2.20. The Hall–Kier alpha value is -3.11. The van der Waals surface area contributed by atoms with Crippen LogP contribution in [0.3, 0.4) is 0 Å². The molecule has 9 nitrogen and oxygen atoms in total. The normalized spacial score (nSPS) is 14.5. The predicted octanol–water partition coefficient (Wildman–Crippen LogP) is 2.06. The Morgan fingerprint density at radius 2 is 2.00 bits per heavy atom. The zero-order valence-electron chi connectivity index (χ0n) is 17.0. The average molecular weight is 425 g/mol. The van der Waals surface area contributed by atoms with Gasteiger partial charge < -0.3 is 15.5 Å². The van der Waals surface area contributed by atoms with Gasteiger partial charge in [0.05, 0.1) is 17.1 Å². The van der Waals surface area contributed by atoms with Crippen LogP contribution in [0, 0.1) is 6.92 Å². The van der Waals surface area contributed by atoms with Crippen molar-refractivity contribution in [3.8, 4) is 0 Å². The van der Waals surface area contributed by atoms with Gasteiger partial charge in [0.25, 0.3) is 5.91 Å². The van der Waals surface area contributed by atoms with E-state index in [1.54, 1.807) is 25.6 Å². The van der Waals surface area contributed by atoms with Crippen LogP contribution in [0.25, 0.3) is 0 Å². The van der Waals surface area contributed by atoms with Gasteiger partial charge in [-0.15, -0.1) is 11.3 Å². The minimum absolute atomic E-state index is 0.164. The summed E-state index contributed by atoms with van der Waals surface area (Å²) in [6.45, 7) is 6.38. The SMILES string of the molecule is CNC(=O)c1ccc(N2CCN(Cc3cc(Nc4nccs4)ncn3)CC2)c(C)n1. The highest BCUT2D eigenvalue weighted by atomic mass is 32.1. The van der Waals surface area contributed by atoms with E-state index >= 15 is 0 Å². The molecular formula is C20H24N8OS. The highest BCUT2D eigenvalue weighted by molar-refractivity contribution is 7.13. The third kappa shape index (κ3) is 4.71. The van der Waals surface area contributed by atoms with Crippen molar-refractivity contribution in [2.24, 2.45) is 0 Å². The Bertz CT molecular complexity index is 1000. The number of piperazine rings is 1. The molecule has 0 saturated carbocycles. The number of thiazole rings is 1. The van der Waals surface area contributed by atoms with Gasteiger partial charge in [-0.1, -0.05) is 0 Å². The van der Waals surface area contributed by atoms with Gasteiger partial charge >= 0.3 is 0 Å². The fourth-order valence-corrected chi connectivity index (χ4v) is 4.00. The lowest BCUT2D eigenvalue weighted by Gasteiger charge is -2.36. The number of anilines is 3. The standard InChI is InChI=1S/C20H24N8OS/c1-14-17(4-3-16(25-14)19(29)21-2)28-8-6-27(7-9-28)12-15-11-18(24-13-23-15)26-20-22-5-10-30-20/h3-5,10-11,13H,6-9,12H2,1-2H3,(H,21,29)(H,22,23,24,26). The monoisotopic (exact) mass is 424 g/mol. The molecule has 4 rings (SSSR count). The third-order valence-corrected chi connectivity index (χ3v) is 5.70. The lowest BCUT2D eigenvalue weighted by Crippen LogP contribution is -2.46. The molecule has 0 unspecified atom stereocenters. The molecule has 1 aliphatic heterocycles. The lowest BCUT2D eigenvalue weighted by molar-refractivity contribution is 0.0958. The zero-order chi connectivity index (χ0) is 20.9. The van der Waals surface area contributed by atoms with Crippen LogP contribution in [0.5, 0.6) is 0 Å². The second-order valence-corrected chi connectivity index (χ2v) is 7.89. The molecule has 4 heterocycles. The van der Waals surface area contributed by atoms with E-state index in [2.05, 4.69) is 40.4 Å². The van der Waals surface area contributed by atoms with E-state index in [0.29, 0.717) is 5.69 Å². The number of amides is 1. The van der Waals surface area contributed by atoms with Gasteiger partial charge in [0, 0.05) is 57.4 Å². The van der Waals surface area contributed by atoms with Gasteiger partial charge in [0.2, 0.25) is 0 Å². The summed E-state index contributed by atoms with van der Waals surface area (Å²) in [5, 5.41) is 8.56. The summed E-state index contributed by atoms with van der Waals surface area (Å²) in [4.78, 5) is 33.8. The van der Waals surface area contributed by atoms with E-state index in [1.165, 1.54) is 11.3 Å². The molecule has 0 spiro atoms. The van der Waals surface area contributed by atoms with Crippen LogP contribution >= 0.6 is 11.3 Å². The summed E-state index contributed by atoms with van der Waals surface area (Å²) >= 11 is 1.54. The zero-order valence-corrected chi connectivity index (χ0v) is 17.8. The summed E-state index contributed by atoms with van der Waals surface area (Å²) in [7, 11) is 1.61. The van der Waals surface area contributed by atoms with Crippen molar-refractivity contribution in [2.75, 3.05) is 43.4 Å². The summed E-state index contributed by atoms with van der Waals surface area (Å²) in [5.74, 6) is 0.592. The van der Waals surface area contributed by atoms with Crippen LogP contribution < -0.4 is 15.5 Å². The smallest absolute Gasteiger partial charge is 0.269 e. The Kier molecular flexibility index (Phi) is 6.15. The predicted molar refractivity (Wildman–Crippen MR) is 117 cm³/mol. The van der Waals surface area contributed by atoms with Crippen LogP contribution in [0.1, 0.15) is 21.9 Å². The summed E-state index contributed by atoms with van der Waals surface area (Å²) < 4.78 is 0. The molecule has 0 atom stereocenters. The van der Waals surface area contributed by atoms with Crippen LogP contribution in [-0.2, 0) is 6.54 Å². The maximum Gasteiger partial charge on any atom is 0.269 e. The van der Waals surface area contributed by atoms with Crippen LogP contribution in [0.4, 0.5) is 16.6 Å². The number of nitrogens with zero attached hydrogens (tertiary/aromatic N) is 6. The minimum atomic E-state index is -0.164. The fourth-order valence-electron chi connectivity index (χ4n) is 3.47. The van der Waals surface area contributed by atoms with E-state index in [4.69, 9.17) is 0 Å². The maximum atomic E-state index is 11.8. The van der Waals surface area contributed by atoms with Crippen molar-refractivity contribution >= 4 is 33.9 Å². The first kappa shape index (κ1) is 20.2. The van der Waals surface area contributed by atoms with E-state index in [0.717, 1.165) is 60.7 Å². The minimum Gasteiger partial charge on any atom is -0.368 e. The molecule has 30 heavy (non-hydrogen) atoms. The molecule has 156 valence electrons. The average Bonchev–Trinajstić information content (AvgIpc) is 3.27. The van der Waals surface area contributed by atoms with Gasteiger partial charge in [-0.05, 0) is 19.1 Å². The first-order valence-electron chi connectivity index (χ1n) is 9.77. The number of hydrogen-bond acceptors (Lipinski definition) is 9. The number of nitrogens with one attached hydrogen (secondary N) is 2. The second-order valence-electron chi connectivity index (χ2n) is 7.00. The number of hydrogen-bond donors (Lipinski definition) is 2. The molecule has 10 heteroatoms. The molecule has 1 amide bonds. The molecule has 0 radical (unpaired) electrons. The molecule has 0 bridgehead atoms. The molecule has 0 aromatic carbocycles. The van der Waals surface area contributed by atoms with Crippen LogP contribution in [-0.4, -0.2) is 64.0 Å².